The van der Waals surface area contributed by atoms with Crippen LogP contribution in [0.5, 0.6) is 0 Å². The summed E-state index contributed by atoms with van der Waals surface area (Å²) in [6, 6.07) is 3.00. The standard InChI is InChI=1S/C20H40N4/c1-16(2)21-19-13-20(14-19)24-11-9-22(10-12-24)15-18-5-7-23(8-6-18)17(3)4/h16-21H,5-15H2,1-4H3. The van der Waals surface area contributed by atoms with Crippen LogP contribution in [0, 0.1) is 5.92 Å². The molecule has 3 aliphatic rings. The molecule has 140 valence electrons. The molecule has 1 saturated carbocycles. The molecule has 4 nitrogen and oxygen atoms in total. The Morgan fingerprint density at radius 1 is 0.875 bits per heavy atom. The second-order valence-electron chi connectivity index (χ2n) is 9.05. The maximum absolute atomic E-state index is 3.68. The van der Waals surface area contributed by atoms with E-state index in [4.69, 9.17) is 0 Å². The fourth-order valence-electron chi connectivity index (χ4n) is 4.82. The Balaban J connectivity index is 1.31. The molecule has 0 spiro atoms. The molecule has 0 aromatic rings. The fraction of sp³-hybridized carbons (Fsp3) is 1.00. The van der Waals surface area contributed by atoms with E-state index >= 15 is 0 Å². The molecule has 0 atom stereocenters. The summed E-state index contributed by atoms with van der Waals surface area (Å²) in [5, 5.41) is 3.68. The van der Waals surface area contributed by atoms with Gasteiger partial charge in [-0.15, -0.1) is 0 Å². The van der Waals surface area contributed by atoms with Crippen molar-refractivity contribution in [2.75, 3.05) is 45.8 Å². The maximum atomic E-state index is 3.68. The molecule has 0 aromatic heterocycles. The number of hydrogen-bond donors (Lipinski definition) is 1. The van der Waals surface area contributed by atoms with E-state index < -0.39 is 0 Å². The molecular weight excluding hydrogens is 296 g/mol. The number of hydrogen-bond acceptors (Lipinski definition) is 4. The third-order valence-corrected chi connectivity index (χ3v) is 6.50. The van der Waals surface area contributed by atoms with E-state index in [1.165, 1.54) is 71.5 Å². The molecule has 3 fully saturated rings. The molecule has 4 heteroatoms. The van der Waals surface area contributed by atoms with Crippen LogP contribution in [0.4, 0.5) is 0 Å². The Morgan fingerprint density at radius 2 is 1.50 bits per heavy atom. The normalized spacial score (nSPS) is 31.8. The summed E-state index contributed by atoms with van der Waals surface area (Å²) in [4.78, 5) is 8.15. The highest BCUT2D eigenvalue weighted by Crippen LogP contribution is 2.27. The minimum absolute atomic E-state index is 0.634. The highest BCUT2D eigenvalue weighted by atomic mass is 15.3. The number of rotatable bonds is 6. The number of nitrogens with one attached hydrogen (secondary N) is 1. The molecule has 0 radical (unpaired) electrons. The number of likely N-dealkylation sites (tertiary alicyclic amines) is 1. The quantitative estimate of drug-likeness (QED) is 0.803. The molecular formula is C20H40N4. The number of nitrogens with zero attached hydrogens (tertiary/aromatic N) is 3. The maximum Gasteiger partial charge on any atom is 0.0126 e. The van der Waals surface area contributed by atoms with Gasteiger partial charge < -0.3 is 15.1 Å². The van der Waals surface area contributed by atoms with Gasteiger partial charge in [-0.25, -0.2) is 0 Å². The van der Waals surface area contributed by atoms with Crippen LogP contribution in [0.25, 0.3) is 0 Å². The smallest absolute Gasteiger partial charge is 0.0126 e. The van der Waals surface area contributed by atoms with Gasteiger partial charge in [0.15, 0.2) is 0 Å². The van der Waals surface area contributed by atoms with Crippen LogP contribution < -0.4 is 5.32 Å². The summed E-state index contributed by atoms with van der Waals surface area (Å²) in [6.45, 7) is 18.4. The lowest BCUT2D eigenvalue weighted by Crippen LogP contribution is -2.58. The Hall–Kier alpha value is -0.160. The largest absolute Gasteiger partial charge is 0.312 e. The zero-order chi connectivity index (χ0) is 17.1. The first kappa shape index (κ1) is 18.6. The van der Waals surface area contributed by atoms with Gasteiger partial charge in [-0.05, 0) is 58.5 Å². The summed E-state index contributed by atoms with van der Waals surface area (Å²) in [5.41, 5.74) is 0. The van der Waals surface area contributed by atoms with Gasteiger partial charge in [0.1, 0.15) is 0 Å². The van der Waals surface area contributed by atoms with Crippen LogP contribution in [-0.4, -0.2) is 84.7 Å². The van der Waals surface area contributed by atoms with Crippen molar-refractivity contribution in [2.45, 2.75) is 77.5 Å². The highest BCUT2D eigenvalue weighted by molar-refractivity contribution is 4.94. The molecule has 2 aliphatic heterocycles. The first-order valence-corrected chi connectivity index (χ1v) is 10.5. The summed E-state index contributed by atoms with van der Waals surface area (Å²) in [6.07, 6.45) is 5.55. The summed E-state index contributed by atoms with van der Waals surface area (Å²) in [5.74, 6) is 0.940. The van der Waals surface area contributed by atoms with Crippen molar-refractivity contribution in [3.63, 3.8) is 0 Å². The topological polar surface area (TPSA) is 21.8 Å². The summed E-state index contributed by atoms with van der Waals surface area (Å²) < 4.78 is 0. The van der Waals surface area contributed by atoms with Gasteiger partial charge in [-0.2, -0.15) is 0 Å². The van der Waals surface area contributed by atoms with E-state index in [0.29, 0.717) is 6.04 Å². The van der Waals surface area contributed by atoms with Crippen molar-refractivity contribution < 1.29 is 0 Å². The summed E-state index contributed by atoms with van der Waals surface area (Å²) in [7, 11) is 0. The Bertz CT molecular complexity index is 362. The third-order valence-electron chi connectivity index (χ3n) is 6.50. The van der Waals surface area contributed by atoms with Crippen LogP contribution in [0.2, 0.25) is 0 Å². The van der Waals surface area contributed by atoms with Gasteiger partial charge in [-0.1, -0.05) is 13.8 Å². The van der Waals surface area contributed by atoms with Crippen molar-refractivity contribution in [2.24, 2.45) is 5.92 Å². The van der Waals surface area contributed by atoms with Gasteiger partial charge in [0.05, 0.1) is 0 Å². The monoisotopic (exact) mass is 336 g/mol. The molecule has 1 N–H and O–H groups in total. The molecule has 2 heterocycles. The zero-order valence-corrected chi connectivity index (χ0v) is 16.5. The van der Waals surface area contributed by atoms with Crippen LogP contribution in [0.3, 0.4) is 0 Å². The Kier molecular flexibility index (Phi) is 6.58. The molecule has 0 unspecified atom stereocenters. The minimum atomic E-state index is 0.634. The van der Waals surface area contributed by atoms with Crippen molar-refractivity contribution in [1.82, 2.24) is 20.0 Å². The first-order valence-electron chi connectivity index (χ1n) is 10.5. The third kappa shape index (κ3) is 4.94. The lowest BCUT2D eigenvalue weighted by Gasteiger charge is -2.47. The van der Waals surface area contributed by atoms with E-state index in [9.17, 15) is 0 Å². The highest BCUT2D eigenvalue weighted by Gasteiger charge is 2.35. The zero-order valence-electron chi connectivity index (χ0n) is 16.5. The SMILES string of the molecule is CC(C)NC1CC(N2CCN(CC3CCN(C(C)C)CC3)CC2)C1. The molecule has 2 saturated heterocycles. The van der Waals surface area contributed by atoms with E-state index in [0.717, 1.165) is 24.0 Å². The van der Waals surface area contributed by atoms with Crippen LogP contribution in [-0.2, 0) is 0 Å². The molecule has 1 aliphatic carbocycles. The molecule has 0 amide bonds. The van der Waals surface area contributed by atoms with E-state index in [1.54, 1.807) is 0 Å². The van der Waals surface area contributed by atoms with Crippen LogP contribution in [0.1, 0.15) is 53.4 Å². The lowest BCUT2D eigenvalue weighted by atomic mass is 9.84. The van der Waals surface area contributed by atoms with Crippen molar-refractivity contribution in [1.29, 1.82) is 0 Å². The average molecular weight is 337 g/mol. The second-order valence-corrected chi connectivity index (χ2v) is 9.05. The van der Waals surface area contributed by atoms with Crippen molar-refractivity contribution >= 4 is 0 Å². The number of piperazine rings is 1. The van der Waals surface area contributed by atoms with E-state index in [2.05, 4.69) is 47.7 Å². The fourth-order valence-corrected chi connectivity index (χ4v) is 4.82. The first-order chi connectivity index (χ1) is 11.5. The molecule has 3 rings (SSSR count). The van der Waals surface area contributed by atoms with E-state index in [1.807, 2.05) is 0 Å². The van der Waals surface area contributed by atoms with Gasteiger partial charge in [0.2, 0.25) is 0 Å². The molecule has 24 heavy (non-hydrogen) atoms. The summed E-state index contributed by atoms with van der Waals surface area (Å²) >= 11 is 0. The van der Waals surface area contributed by atoms with Gasteiger partial charge in [0, 0.05) is 56.9 Å². The van der Waals surface area contributed by atoms with Gasteiger partial charge in [0.25, 0.3) is 0 Å². The lowest BCUT2D eigenvalue weighted by molar-refractivity contribution is 0.0325. The van der Waals surface area contributed by atoms with Crippen LogP contribution in [0.15, 0.2) is 0 Å². The van der Waals surface area contributed by atoms with Crippen LogP contribution >= 0.6 is 0 Å². The van der Waals surface area contributed by atoms with E-state index in [-0.39, 0.29) is 0 Å². The van der Waals surface area contributed by atoms with Gasteiger partial charge >= 0.3 is 0 Å². The predicted molar refractivity (Wildman–Crippen MR) is 103 cm³/mol. The van der Waals surface area contributed by atoms with Crippen molar-refractivity contribution in [3.8, 4) is 0 Å². The second kappa shape index (κ2) is 8.48. The molecule has 0 bridgehead atoms. The van der Waals surface area contributed by atoms with Gasteiger partial charge in [-0.3, -0.25) is 4.90 Å². The average Bonchev–Trinajstić information content (AvgIpc) is 2.52. The Morgan fingerprint density at radius 3 is 2.04 bits per heavy atom. The number of piperidine rings is 1. The van der Waals surface area contributed by atoms with Crippen molar-refractivity contribution in [3.05, 3.63) is 0 Å². The Labute approximate surface area is 149 Å². The minimum Gasteiger partial charge on any atom is -0.312 e. The predicted octanol–water partition coefficient (Wildman–Crippen LogP) is 2.25. The molecule has 0 aromatic carbocycles.